The Balaban J connectivity index is 1.78. The van der Waals surface area contributed by atoms with Gasteiger partial charge in [0.1, 0.15) is 25.2 Å². The van der Waals surface area contributed by atoms with Crippen molar-refractivity contribution in [3.05, 3.63) is 11.8 Å². The Morgan fingerprint density at radius 2 is 1.94 bits per heavy atom. The second kappa shape index (κ2) is 4.35. The van der Waals surface area contributed by atoms with Crippen molar-refractivity contribution in [3.63, 3.8) is 0 Å². The van der Waals surface area contributed by atoms with Crippen LogP contribution in [-0.2, 0) is 9.47 Å². The first-order valence-corrected chi connectivity index (χ1v) is 7.19. The summed E-state index contributed by atoms with van der Waals surface area (Å²) in [5.41, 5.74) is 0.284. The lowest BCUT2D eigenvalue weighted by Crippen LogP contribution is -2.43. The third kappa shape index (κ3) is 2.40. The predicted molar refractivity (Wildman–Crippen MR) is 70.6 cm³/mol. The van der Waals surface area contributed by atoms with E-state index in [1.165, 1.54) is 39.2 Å². The highest BCUT2D eigenvalue weighted by atomic mass is 16.6. The molecule has 0 aromatic carbocycles. The molecule has 0 radical (unpaired) electrons. The number of fused-ring (bicyclic) bond motifs is 2. The van der Waals surface area contributed by atoms with Gasteiger partial charge in [-0.15, -0.1) is 0 Å². The number of allylic oxidation sites excluding steroid dienone is 1. The van der Waals surface area contributed by atoms with E-state index in [4.69, 9.17) is 9.47 Å². The Kier molecular flexibility index (Phi) is 2.98. The number of rotatable bonds is 0. The quantitative estimate of drug-likeness (QED) is 0.600. The van der Waals surface area contributed by atoms with E-state index in [0.29, 0.717) is 12.2 Å². The molecule has 0 amide bonds. The van der Waals surface area contributed by atoms with E-state index in [1.807, 2.05) is 0 Å². The molecule has 3 heteroatoms. The van der Waals surface area contributed by atoms with Crippen molar-refractivity contribution in [3.8, 4) is 0 Å². The molecule has 0 aromatic rings. The van der Waals surface area contributed by atoms with Crippen LogP contribution in [0, 0.1) is 5.41 Å². The first kappa shape index (κ1) is 11.6. The number of hydrogen-bond acceptors (Lipinski definition) is 2. The molecule has 3 rings (SSSR count). The lowest BCUT2D eigenvalue weighted by molar-refractivity contribution is -0.151. The molecule has 0 spiro atoms. The highest BCUT2D eigenvalue weighted by Crippen LogP contribution is 2.40. The van der Waals surface area contributed by atoms with Crippen LogP contribution in [-0.4, -0.2) is 25.6 Å². The average molecular weight is 234 g/mol. The molecule has 3 atom stereocenters. The summed E-state index contributed by atoms with van der Waals surface area (Å²) in [6, 6.07) is 0. The van der Waals surface area contributed by atoms with Crippen LogP contribution in [0.3, 0.4) is 0 Å². The van der Waals surface area contributed by atoms with Crippen LogP contribution in [0.4, 0.5) is 0 Å². The molecular weight excluding hydrogens is 211 g/mol. The minimum absolute atomic E-state index is 0.252. The largest absolute Gasteiger partial charge is 0.490 e. The van der Waals surface area contributed by atoms with E-state index < -0.39 is 0 Å². The fraction of sp³-hybridized carbons (Fsp3) is 0.857. The molecule has 2 fully saturated rings. The smallest absolute Gasteiger partial charge is 0.124 e. The van der Waals surface area contributed by atoms with E-state index in [-0.39, 0.29) is 11.5 Å². The topological polar surface area (TPSA) is 18.5 Å². The first-order chi connectivity index (χ1) is 8.14. The summed E-state index contributed by atoms with van der Waals surface area (Å²) < 4.78 is 12.5. The third-order valence-corrected chi connectivity index (χ3v) is 4.42. The zero-order valence-corrected chi connectivity index (χ0v) is 11.1. The van der Waals surface area contributed by atoms with Crippen LogP contribution in [0.15, 0.2) is 11.8 Å². The van der Waals surface area contributed by atoms with Gasteiger partial charge in [0.05, 0.1) is 6.10 Å². The molecule has 0 aromatic heterocycles. The fourth-order valence-electron chi connectivity index (χ4n) is 3.36. The molecule has 17 heavy (non-hydrogen) atoms. The molecule has 3 aliphatic rings. The monoisotopic (exact) mass is 234 g/mol. The van der Waals surface area contributed by atoms with Gasteiger partial charge in [-0.1, -0.05) is 26.5 Å². The molecule has 94 valence electrons. The highest BCUT2D eigenvalue weighted by Gasteiger charge is 2.39. The van der Waals surface area contributed by atoms with Crippen LogP contribution in [0.25, 0.3) is 0 Å². The lowest BCUT2D eigenvalue weighted by atomic mass is 9.70. The SMILES string of the molecule is CC1(C)C=C2OC3CCBCCC3OC2CC1. The van der Waals surface area contributed by atoms with Crippen LogP contribution < -0.4 is 0 Å². The molecule has 0 bridgehead atoms. The van der Waals surface area contributed by atoms with Crippen LogP contribution >= 0.6 is 0 Å². The van der Waals surface area contributed by atoms with E-state index in [2.05, 4.69) is 19.9 Å². The second-order valence-electron chi connectivity index (χ2n) is 6.53. The van der Waals surface area contributed by atoms with Gasteiger partial charge in [-0.05, 0) is 37.2 Å². The van der Waals surface area contributed by atoms with Crippen LogP contribution in [0.5, 0.6) is 0 Å². The predicted octanol–water partition coefficient (Wildman–Crippen LogP) is 2.91. The van der Waals surface area contributed by atoms with Gasteiger partial charge in [0.2, 0.25) is 0 Å². The summed E-state index contributed by atoms with van der Waals surface area (Å²) >= 11 is 0. The Labute approximate surface area is 105 Å². The molecule has 0 N–H and O–H groups in total. The normalized spacial score (nSPS) is 39.9. The van der Waals surface area contributed by atoms with Gasteiger partial charge in [0.15, 0.2) is 0 Å². The van der Waals surface area contributed by atoms with Crippen molar-refractivity contribution in [2.45, 2.75) is 70.5 Å². The standard InChI is InChI=1S/C14H23BO2/c1-14(2)6-3-10-13(9-14)17-12-5-8-15-7-4-11(12)16-10/h9-12,15H,3-8H2,1-2H3. The zero-order chi connectivity index (χ0) is 11.9. The summed E-state index contributed by atoms with van der Waals surface area (Å²) in [4.78, 5) is 0. The van der Waals surface area contributed by atoms with Gasteiger partial charge in [-0.3, -0.25) is 0 Å². The van der Waals surface area contributed by atoms with Gasteiger partial charge < -0.3 is 9.47 Å². The Morgan fingerprint density at radius 3 is 2.76 bits per heavy atom. The van der Waals surface area contributed by atoms with Crippen molar-refractivity contribution >= 4 is 7.28 Å². The van der Waals surface area contributed by atoms with E-state index >= 15 is 0 Å². The van der Waals surface area contributed by atoms with Crippen molar-refractivity contribution in [2.24, 2.45) is 5.41 Å². The highest BCUT2D eigenvalue weighted by molar-refractivity contribution is 6.35. The Bertz CT molecular complexity index is 324. The van der Waals surface area contributed by atoms with Gasteiger partial charge >= 0.3 is 0 Å². The van der Waals surface area contributed by atoms with Gasteiger partial charge in [-0.25, -0.2) is 0 Å². The van der Waals surface area contributed by atoms with Gasteiger partial charge in [0.25, 0.3) is 0 Å². The fourth-order valence-corrected chi connectivity index (χ4v) is 3.36. The number of ether oxygens (including phenoxy) is 2. The molecule has 0 saturated carbocycles. The molecule has 2 heterocycles. The minimum atomic E-state index is 0.252. The summed E-state index contributed by atoms with van der Waals surface area (Å²) in [5.74, 6) is 1.13. The molecular formula is C14H23BO2. The summed E-state index contributed by atoms with van der Waals surface area (Å²) in [6.45, 7) is 4.58. The Morgan fingerprint density at radius 1 is 1.18 bits per heavy atom. The third-order valence-electron chi connectivity index (χ3n) is 4.42. The zero-order valence-electron chi connectivity index (χ0n) is 11.1. The molecule has 2 aliphatic heterocycles. The summed E-state index contributed by atoms with van der Waals surface area (Å²) in [6.07, 6.45) is 10.6. The lowest BCUT2D eigenvalue weighted by Gasteiger charge is -2.42. The molecule has 1 aliphatic carbocycles. The van der Waals surface area contributed by atoms with Gasteiger partial charge in [0, 0.05) is 0 Å². The summed E-state index contributed by atoms with van der Waals surface area (Å²) in [7, 11) is 1.34. The summed E-state index contributed by atoms with van der Waals surface area (Å²) in [5, 5.41) is 0. The molecule has 3 unspecified atom stereocenters. The van der Waals surface area contributed by atoms with E-state index in [9.17, 15) is 0 Å². The van der Waals surface area contributed by atoms with Crippen molar-refractivity contribution < 1.29 is 9.47 Å². The maximum atomic E-state index is 6.27. The number of hydrogen-bond donors (Lipinski definition) is 0. The van der Waals surface area contributed by atoms with Crippen LogP contribution in [0.2, 0.25) is 12.6 Å². The first-order valence-electron chi connectivity index (χ1n) is 7.19. The molecule has 2 saturated heterocycles. The van der Waals surface area contributed by atoms with E-state index in [0.717, 1.165) is 12.2 Å². The maximum Gasteiger partial charge on any atom is 0.124 e. The second-order valence-corrected chi connectivity index (χ2v) is 6.53. The Hall–Kier alpha value is -0.435. The van der Waals surface area contributed by atoms with Crippen molar-refractivity contribution in [2.75, 3.05) is 0 Å². The van der Waals surface area contributed by atoms with Crippen molar-refractivity contribution in [1.29, 1.82) is 0 Å². The average Bonchev–Trinajstić information content (AvgIpc) is 2.49. The molecule has 2 nitrogen and oxygen atoms in total. The maximum absolute atomic E-state index is 6.27. The van der Waals surface area contributed by atoms with Crippen molar-refractivity contribution in [1.82, 2.24) is 0 Å². The van der Waals surface area contributed by atoms with Crippen LogP contribution in [0.1, 0.15) is 39.5 Å². The minimum Gasteiger partial charge on any atom is -0.490 e. The van der Waals surface area contributed by atoms with E-state index in [1.54, 1.807) is 0 Å². The van der Waals surface area contributed by atoms with Gasteiger partial charge in [-0.2, -0.15) is 0 Å².